The summed E-state index contributed by atoms with van der Waals surface area (Å²) in [6.07, 6.45) is 6.46. The van der Waals surface area contributed by atoms with Crippen molar-refractivity contribution in [2.45, 2.75) is 121 Å². The van der Waals surface area contributed by atoms with Gasteiger partial charge < -0.3 is 19.7 Å². The van der Waals surface area contributed by atoms with Gasteiger partial charge in [0.1, 0.15) is 10.6 Å². The molecule has 47 heavy (non-hydrogen) atoms. The summed E-state index contributed by atoms with van der Waals surface area (Å²) in [7, 11) is -2.47. The third-order valence-electron chi connectivity index (χ3n) is 14.1. The summed E-state index contributed by atoms with van der Waals surface area (Å²) in [5, 5.41) is 39.0. The second-order valence-corrected chi connectivity index (χ2v) is 22.5. The van der Waals surface area contributed by atoms with Crippen molar-refractivity contribution >= 4 is 19.7 Å². The molecule has 0 bridgehead atoms. The second kappa shape index (κ2) is 12.2. The van der Waals surface area contributed by atoms with E-state index in [9.17, 15) is 15.3 Å². The van der Waals surface area contributed by atoms with Crippen LogP contribution in [0.4, 0.5) is 0 Å². The Hall–Kier alpha value is -1.87. The molecular formula is C40H55NO4SSi. The maximum atomic E-state index is 12.2. The highest BCUT2D eigenvalue weighted by Gasteiger charge is 2.69. The molecule has 1 aromatic heterocycles. The zero-order chi connectivity index (χ0) is 33.2. The molecular weight excluding hydrogens is 619 g/mol. The van der Waals surface area contributed by atoms with Crippen LogP contribution in [0.3, 0.4) is 0 Å². The SMILES string of the molecule is CC(C)(C)[Si](Cc1ccccc1)(Cc1ccccc1)O[C@H]1CC[C@@]2(C)[C@H](C1)[C@@H](O)[C@H](O)[C@@H]1[C@@H]2CC[C@@]2(C)[C@H]1CC[C@@]2(O)c1nccs1. The van der Waals surface area contributed by atoms with Crippen molar-refractivity contribution in [3.63, 3.8) is 0 Å². The van der Waals surface area contributed by atoms with Crippen LogP contribution >= 0.6 is 11.3 Å². The summed E-state index contributed by atoms with van der Waals surface area (Å²) >= 11 is 1.54. The van der Waals surface area contributed by atoms with Crippen LogP contribution in [0.2, 0.25) is 5.04 Å². The molecule has 1 heterocycles. The third-order valence-corrected chi connectivity index (χ3v) is 20.5. The minimum absolute atomic E-state index is 0.0128. The van der Waals surface area contributed by atoms with Gasteiger partial charge in [-0.15, -0.1) is 11.3 Å². The predicted octanol–water partition coefficient (Wildman–Crippen LogP) is 8.01. The monoisotopic (exact) mass is 673 g/mol. The molecule has 2 aromatic carbocycles. The molecule has 4 saturated carbocycles. The molecule has 0 spiro atoms. The van der Waals surface area contributed by atoms with E-state index in [1.54, 1.807) is 17.5 Å². The number of aliphatic hydroxyl groups excluding tert-OH is 2. The quantitative estimate of drug-likeness (QED) is 0.222. The molecule has 10 atom stereocenters. The van der Waals surface area contributed by atoms with E-state index in [4.69, 9.17) is 4.43 Å². The summed E-state index contributed by atoms with van der Waals surface area (Å²) in [4.78, 5) is 4.58. The molecule has 0 saturated heterocycles. The lowest BCUT2D eigenvalue weighted by atomic mass is 9.43. The van der Waals surface area contributed by atoms with E-state index in [1.807, 2.05) is 5.38 Å². The predicted molar refractivity (Wildman–Crippen MR) is 191 cm³/mol. The summed E-state index contributed by atoms with van der Waals surface area (Å²) in [5.74, 6) is 0.447. The highest BCUT2D eigenvalue weighted by Crippen LogP contribution is 2.70. The van der Waals surface area contributed by atoms with Crippen molar-refractivity contribution in [1.29, 1.82) is 0 Å². The minimum atomic E-state index is -2.47. The molecule has 4 fully saturated rings. The summed E-state index contributed by atoms with van der Waals surface area (Å²) in [6.45, 7) is 11.8. The van der Waals surface area contributed by atoms with Crippen molar-refractivity contribution in [3.8, 4) is 0 Å². The highest BCUT2D eigenvalue weighted by molar-refractivity contribution is 7.09. The van der Waals surface area contributed by atoms with Gasteiger partial charge in [0.05, 0.1) is 12.2 Å². The number of benzene rings is 2. The molecule has 3 aromatic rings. The molecule has 254 valence electrons. The molecule has 7 heteroatoms. The molecule has 4 aliphatic rings. The van der Waals surface area contributed by atoms with Crippen molar-refractivity contribution in [1.82, 2.24) is 4.98 Å². The van der Waals surface area contributed by atoms with E-state index >= 15 is 0 Å². The summed E-state index contributed by atoms with van der Waals surface area (Å²) < 4.78 is 7.63. The second-order valence-electron chi connectivity index (χ2n) is 17.2. The van der Waals surface area contributed by atoms with Gasteiger partial charge in [-0.2, -0.15) is 0 Å². The first-order valence-electron chi connectivity index (χ1n) is 18.1. The molecule has 0 radical (unpaired) electrons. The molecule has 0 amide bonds. The van der Waals surface area contributed by atoms with E-state index < -0.39 is 26.1 Å². The maximum absolute atomic E-state index is 12.2. The first kappa shape index (κ1) is 33.6. The average Bonchev–Trinajstić information content (AvgIpc) is 3.68. The van der Waals surface area contributed by atoms with Crippen molar-refractivity contribution < 1.29 is 19.7 Å². The van der Waals surface area contributed by atoms with E-state index in [1.165, 1.54) is 11.1 Å². The van der Waals surface area contributed by atoms with E-state index in [2.05, 4.69) is 100 Å². The summed E-state index contributed by atoms with van der Waals surface area (Å²) in [6, 6.07) is 23.6. The first-order chi connectivity index (χ1) is 22.3. The topological polar surface area (TPSA) is 82.8 Å². The van der Waals surface area contributed by atoms with Gasteiger partial charge in [0.2, 0.25) is 8.32 Å². The Kier molecular flexibility index (Phi) is 8.70. The van der Waals surface area contributed by atoms with Crippen LogP contribution < -0.4 is 0 Å². The first-order valence-corrected chi connectivity index (χ1v) is 21.3. The fraction of sp³-hybridized carbons (Fsp3) is 0.625. The number of aliphatic hydroxyl groups is 3. The Bertz CT molecular complexity index is 1470. The molecule has 0 unspecified atom stereocenters. The molecule has 3 N–H and O–H groups in total. The molecule has 4 aliphatic carbocycles. The third kappa shape index (κ3) is 5.43. The van der Waals surface area contributed by atoms with Gasteiger partial charge in [-0.3, -0.25) is 0 Å². The summed E-state index contributed by atoms with van der Waals surface area (Å²) in [5.41, 5.74) is 1.27. The van der Waals surface area contributed by atoms with Crippen molar-refractivity contribution in [3.05, 3.63) is 88.4 Å². The van der Waals surface area contributed by atoms with E-state index in [0.29, 0.717) is 12.3 Å². The van der Waals surface area contributed by atoms with Crippen LogP contribution in [0.25, 0.3) is 0 Å². The number of fused-ring (bicyclic) bond motifs is 5. The Morgan fingerprint density at radius 1 is 0.830 bits per heavy atom. The fourth-order valence-corrected chi connectivity index (χ4v) is 16.4. The van der Waals surface area contributed by atoms with Crippen LogP contribution in [0.5, 0.6) is 0 Å². The van der Waals surface area contributed by atoms with E-state index in [0.717, 1.165) is 55.6 Å². The van der Waals surface area contributed by atoms with Gasteiger partial charge in [-0.25, -0.2) is 4.98 Å². The van der Waals surface area contributed by atoms with Crippen LogP contribution in [0, 0.1) is 34.5 Å². The van der Waals surface area contributed by atoms with Gasteiger partial charge in [-0.1, -0.05) is 95.3 Å². The Morgan fingerprint density at radius 3 is 2.02 bits per heavy atom. The zero-order valence-corrected chi connectivity index (χ0v) is 30.8. The van der Waals surface area contributed by atoms with Crippen LogP contribution in [-0.4, -0.2) is 46.9 Å². The largest absolute Gasteiger partial charge is 0.413 e. The van der Waals surface area contributed by atoms with Crippen molar-refractivity contribution in [2.75, 3.05) is 0 Å². The number of hydrogen-bond donors (Lipinski definition) is 3. The molecule has 5 nitrogen and oxygen atoms in total. The number of thiazole rings is 1. The lowest BCUT2D eigenvalue weighted by molar-refractivity contribution is -0.232. The number of hydrogen-bond acceptors (Lipinski definition) is 6. The Balaban J connectivity index is 1.17. The number of aromatic nitrogens is 1. The fourth-order valence-electron chi connectivity index (χ4n) is 11.2. The van der Waals surface area contributed by atoms with Gasteiger partial charge in [0.25, 0.3) is 0 Å². The number of nitrogens with zero attached hydrogens (tertiary/aromatic N) is 1. The van der Waals surface area contributed by atoms with Crippen LogP contribution in [-0.2, 0) is 22.1 Å². The van der Waals surface area contributed by atoms with Crippen LogP contribution in [0.15, 0.2) is 72.2 Å². The number of rotatable bonds is 7. The smallest absolute Gasteiger partial charge is 0.207 e. The zero-order valence-electron chi connectivity index (χ0n) is 28.9. The maximum Gasteiger partial charge on any atom is 0.207 e. The van der Waals surface area contributed by atoms with Gasteiger partial charge >= 0.3 is 0 Å². The Morgan fingerprint density at radius 2 is 1.45 bits per heavy atom. The lowest BCUT2D eigenvalue weighted by Gasteiger charge is -2.64. The Labute approximate surface area is 287 Å². The van der Waals surface area contributed by atoms with Crippen molar-refractivity contribution in [2.24, 2.45) is 34.5 Å². The van der Waals surface area contributed by atoms with Gasteiger partial charge in [-0.05, 0) is 102 Å². The average molecular weight is 674 g/mol. The molecule has 0 aliphatic heterocycles. The van der Waals surface area contributed by atoms with Crippen LogP contribution in [0.1, 0.15) is 95.7 Å². The minimum Gasteiger partial charge on any atom is -0.413 e. The normalized spacial score (nSPS) is 38.8. The lowest BCUT2D eigenvalue weighted by Crippen LogP contribution is -2.65. The highest BCUT2D eigenvalue weighted by atomic mass is 32.1. The van der Waals surface area contributed by atoms with E-state index in [-0.39, 0.29) is 39.7 Å². The van der Waals surface area contributed by atoms with Gasteiger partial charge in [0, 0.05) is 23.1 Å². The molecule has 7 rings (SSSR count). The standard InChI is InChI=1S/C40H55NO4SSi/c1-37(2,3)47(25-27-12-8-6-9-13-27,26-28-14-10-7-11-15-28)45-29-16-19-38(4)30-17-20-39(5)31(33(30)35(43)34(42)32(38)24-29)18-21-40(39,44)36-41-22-23-46-36/h6-15,22-23,29-35,42-44H,16-21,24-26H2,1-5H3/t29-,30-,31-,32+,33+,34+,35+,38+,39-,40+/m0/s1. The van der Waals surface area contributed by atoms with Gasteiger partial charge in [0.15, 0.2) is 0 Å².